The summed E-state index contributed by atoms with van der Waals surface area (Å²) in [7, 11) is -1.11. The standard InChI is InChI=1S/CH5NOS.H3NO2S/c2*1-4(2)3/h2H2,1H3;1H2,(H,2,3)/p-1. The van der Waals surface area contributed by atoms with E-state index in [-0.39, 0.29) is 0 Å². The average Bonchev–Trinajstić information content (AvgIpc) is 1.25. The van der Waals surface area contributed by atoms with Crippen molar-refractivity contribution in [1.82, 2.24) is 0 Å². The molecule has 0 radical (unpaired) electrons. The maximum absolute atomic E-state index is 9.33. The van der Waals surface area contributed by atoms with Crippen LogP contribution in [0.25, 0.3) is 0 Å². The fourth-order valence-corrected chi connectivity index (χ4v) is 0. The minimum absolute atomic E-state index is 1.11. The second kappa shape index (κ2) is 7.18. The lowest BCUT2D eigenvalue weighted by Crippen LogP contribution is -1.97. The number of rotatable bonds is 0. The Morgan fingerprint density at radius 1 is 1.38 bits per heavy atom. The molecule has 0 aromatic heterocycles. The first kappa shape index (κ1) is 11.0. The predicted octanol–water partition coefficient (Wildman–Crippen LogP) is -2.02. The fraction of sp³-hybridized carbons (Fsp3) is 1.00. The van der Waals surface area contributed by atoms with Crippen LogP contribution in [-0.4, -0.2) is 19.2 Å². The van der Waals surface area contributed by atoms with Crippen molar-refractivity contribution in [2.24, 2.45) is 10.3 Å². The van der Waals surface area contributed by atoms with Gasteiger partial charge in [0.05, 0.1) is 11.0 Å². The zero-order valence-electron chi connectivity index (χ0n) is 4.20. The molecule has 0 bridgehead atoms. The Morgan fingerprint density at radius 3 is 1.38 bits per heavy atom. The Labute approximate surface area is 52.4 Å². The normalized spacial score (nSPS) is 15.5. The van der Waals surface area contributed by atoms with Crippen LogP contribution in [0, 0.1) is 0 Å². The van der Waals surface area contributed by atoms with Crippen molar-refractivity contribution in [2.75, 3.05) is 6.26 Å². The van der Waals surface area contributed by atoms with E-state index in [2.05, 4.69) is 10.3 Å². The third kappa shape index (κ3) is 5120. The van der Waals surface area contributed by atoms with E-state index in [1.807, 2.05) is 0 Å². The average molecular weight is 159 g/mol. The van der Waals surface area contributed by atoms with Gasteiger partial charge in [0.2, 0.25) is 0 Å². The molecule has 0 aromatic rings. The van der Waals surface area contributed by atoms with Gasteiger partial charge < -0.3 is 4.55 Å². The van der Waals surface area contributed by atoms with Gasteiger partial charge in [-0.2, -0.15) is 0 Å². The van der Waals surface area contributed by atoms with Gasteiger partial charge >= 0.3 is 0 Å². The van der Waals surface area contributed by atoms with Gasteiger partial charge in [-0.1, -0.05) is 0 Å². The van der Waals surface area contributed by atoms with Crippen LogP contribution < -0.4 is 10.3 Å². The van der Waals surface area contributed by atoms with E-state index in [0.29, 0.717) is 0 Å². The van der Waals surface area contributed by atoms with Crippen molar-refractivity contribution in [2.45, 2.75) is 0 Å². The molecular weight excluding hydrogens is 152 g/mol. The Hall–Kier alpha value is 0.180. The predicted molar refractivity (Wildman–Crippen MR) is 31.4 cm³/mol. The lowest BCUT2D eigenvalue weighted by molar-refractivity contribution is 0.539. The van der Waals surface area contributed by atoms with E-state index in [1.54, 1.807) is 0 Å². The second-order valence-electron chi connectivity index (χ2n) is 0.759. The highest BCUT2D eigenvalue weighted by Gasteiger charge is 1.56. The largest absolute Gasteiger partial charge is 0.760 e. The van der Waals surface area contributed by atoms with Crippen molar-refractivity contribution in [3.63, 3.8) is 0 Å². The van der Waals surface area contributed by atoms with E-state index in [0.717, 1.165) is 0 Å². The highest BCUT2D eigenvalue weighted by molar-refractivity contribution is 7.81. The van der Waals surface area contributed by atoms with E-state index in [4.69, 9.17) is 8.76 Å². The van der Waals surface area contributed by atoms with E-state index in [9.17, 15) is 4.21 Å². The molecular formula is CH7N2O3S2-. The fourth-order valence-electron chi connectivity index (χ4n) is 0. The summed E-state index contributed by atoms with van der Waals surface area (Å²) in [6.45, 7) is 0. The zero-order valence-corrected chi connectivity index (χ0v) is 5.83. The molecule has 0 heterocycles. The van der Waals surface area contributed by atoms with Crippen LogP contribution in [0.5, 0.6) is 0 Å². The molecule has 0 aliphatic carbocycles. The zero-order chi connectivity index (χ0) is 7.15. The maximum Gasteiger partial charge on any atom is 0.0856 e. The molecule has 0 aromatic carbocycles. The van der Waals surface area contributed by atoms with Crippen LogP contribution >= 0.6 is 0 Å². The van der Waals surface area contributed by atoms with Crippen molar-refractivity contribution in [1.29, 1.82) is 0 Å². The van der Waals surface area contributed by atoms with Crippen LogP contribution in [0.4, 0.5) is 0 Å². The molecule has 2 unspecified atom stereocenters. The quantitative estimate of drug-likeness (QED) is 0.398. The smallest absolute Gasteiger partial charge is 0.0856 e. The van der Waals surface area contributed by atoms with Crippen molar-refractivity contribution < 1.29 is 13.0 Å². The SMILES string of the molecule is CS(N)=O.NS(=O)[O-]. The molecule has 0 aliphatic rings. The number of hydrogen-bond acceptors (Lipinski definition) is 3. The Morgan fingerprint density at radius 2 is 1.38 bits per heavy atom. The summed E-state index contributed by atoms with van der Waals surface area (Å²) in [6, 6.07) is 0. The van der Waals surface area contributed by atoms with Gasteiger partial charge in [-0.05, 0) is 0 Å². The molecule has 52 valence electrons. The first-order valence-electron chi connectivity index (χ1n) is 1.38. The summed E-state index contributed by atoms with van der Waals surface area (Å²) in [5.74, 6) is 0. The molecule has 0 fully saturated rings. The molecule has 0 rings (SSSR count). The summed E-state index contributed by atoms with van der Waals surface area (Å²) < 4.78 is 26.9. The van der Waals surface area contributed by atoms with E-state index >= 15 is 0 Å². The van der Waals surface area contributed by atoms with Gasteiger partial charge in [-0.25, -0.2) is 4.21 Å². The van der Waals surface area contributed by atoms with Gasteiger partial charge in [-0.3, -0.25) is 14.5 Å². The molecule has 0 amide bonds. The summed E-state index contributed by atoms with van der Waals surface area (Å²) in [4.78, 5) is 0. The summed E-state index contributed by atoms with van der Waals surface area (Å²) in [5.41, 5.74) is 0. The monoisotopic (exact) mass is 159 g/mol. The molecule has 4 N–H and O–H groups in total. The second-order valence-corrected chi connectivity index (χ2v) is 2.28. The van der Waals surface area contributed by atoms with Gasteiger partial charge in [0.25, 0.3) is 0 Å². The lowest BCUT2D eigenvalue weighted by atomic mass is 12.0. The summed E-state index contributed by atoms with van der Waals surface area (Å²) in [6.07, 6.45) is 1.42. The van der Waals surface area contributed by atoms with Crippen LogP contribution in [0.1, 0.15) is 0 Å². The Kier molecular flexibility index (Phi) is 9.91. The van der Waals surface area contributed by atoms with Crippen LogP contribution in [0.2, 0.25) is 0 Å². The molecule has 7 heteroatoms. The summed E-state index contributed by atoms with van der Waals surface area (Å²) >= 11 is -2.36. The third-order valence-corrected chi connectivity index (χ3v) is 0. The van der Waals surface area contributed by atoms with Gasteiger partial charge in [0.15, 0.2) is 0 Å². The van der Waals surface area contributed by atoms with Crippen LogP contribution in [0.3, 0.4) is 0 Å². The maximum atomic E-state index is 9.33. The van der Waals surface area contributed by atoms with Gasteiger partial charge in [0.1, 0.15) is 0 Å². The lowest BCUT2D eigenvalue weighted by Gasteiger charge is -1.85. The molecule has 5 nitrogen and oxygen atoms in total. The Balaban J connectivity index is 0. The summed E-state index contributed by atoms with van der Waals surface area (Å²) in [5, 5.41) is 8.61. The minimum atomic E-state index is -2.36. The minimum Gasteiger partial charge on any atom is -0.760 e. The van der Waals surface area contributed by atoms with Crippen molar-refractivity contribution in [3.8, 4) is 0 Å². The highest BCUT2D eigenvalue weighted by Crippen LogP contribution is 1.36. The molecule has 0 saturated heterocycles. The molecule has 8 heavy (non-hydrogen) atoms. The highest BCUT2D eigenvalue weighted by atomic mass is 32.2. The first-order chi connectivity index (χ1) is 3.46. The van der Waals surface area contributed by atoms with E-state index in [1.165, 1.54) is 6.26 Å². The topological polar surface area (TPSA) is 109 Å². The number of hydrogen-bond donors (Lipinski definition) is 2. The molecule has 2 atom stereocenters. The first-order valence-corrected chi connectivity index (χ1v) is 4.14. The van der Waals surface area contributed by atoms with Crippen molar-refractivity contribution in [3.05, 3.63) is 0 Å². The number of nitrogens with two attached hydrogens (primary N) is 2. The molecule has 0 saturated carbocycles. The molecule has 0 spiro atoms. The van der Waals surface area contributed by atoms with Crippen molar-refractivity contribution >= 4 is 22.3 Å². The van der Waals surface area contributed by atoms with E-state index < -0.39 is 22.3 Å². The Bertz CT molecular complexity index is 73.3. The van der Waals surface area contributed by atoms with Gasteiger partial charge in [-0.15, -0.1) is 0 Å². The molecule has 0 aliphatic heterocycles. The third-order valence-electron chi connectivity index (χ3n) is 0. The van der Waals surface area contributed by atoms with Gasteiger partial charge in [0, 0.05) is 17.5 Å². The van der Waals surface area contributed by atoms with Crippen LogP contribution in [-0.2, 0) is 22.3 Å². The van der Waals surface area contributed by atoms with Crippen LogP contribution in [0.15, 0.2) is 0 Å².